The zero-order valence-corrected chi connectivity index (χ0v) is 19.5. The van der Waals surface area contributed by atoms with Crippen LogP contribution in [0.3, 0.4) is 0 Å². The van der Waals surface area contributed by atoms with Crippen LogP contribution in [-0.4, -0.2) is 35.5 Å². The summed E-state index contributed by atoms with van der Waals surface area (Å²) in [6, 6.07) is 22.0. The molecule has 0 amide bonds. The van der Waals surface area contributed by atoms with Crippen molar-refractivity contribution in [1.82, 2.24) is 14.5 Å². The first-order valence-corrected chi connectivity index (χ1v) is 12.3. The van der Waals surface area contributed by atoms with Gasteiger partial charge in [-0.3, -0.25) is 9.29 Å². The Balaban J connectivity index is 1.60. The largest absolute Gasteiger partial charge is 0.462 e. The second-order valence-corrected chi connectivity index (χ2v) is 9.35. The van der Waals surface area contributed by atoms with Crippen LogP contribution in [0.25, 0.3) is 27.9 Å². The van der Waals surface area contributed by atoms with Gasteiger partial charge in [-0.05, 0) is 55.5 Å². The Morgan fingerprint density at radius 1 is 0.943 bits per heavy atom. The number of benzene rings is 3. The lowest BCUT2D eigenvalue weighted by Crippen LogP contribution is -2.13. The molecule has 0 saturated heterocycles. The number of fused-ring (bicyclic) bond motifs is 2. The average molecular weight is 488 g/mol. The summed E-state index contributed by atoms with van der Waals surface area (Å²) in [6.07, 6.45) is 0. The second-order valence-electron chi connectivity index (χ2n) is 7.67. The van der Waals surface area contributed by atoms with E-state index in [2.05, 4.69) is 9.71 Å². The Hall–Kier alpha value is -4.44. The first-order chi connectivity index (χ1) is 16.9. The fraction of sp³-hybridized carbons (Fsp3) is 0.0800. The van der Waals surface area contributed by atoms with Crippen LogP contribution in [0.2, 0.25) is 0 Å². The van der Waals surface area contributed by atoms with E-state index in [0.717, 1.165) is 0 Å². The van der Waals surface area contributed by atoms with Crippen LogP contribution in [0.5, 0.6) is 0 Å². The predicted molar refractivity (Wildman–Crippen MR) is 134 cm³/mol. The number of nitrogens with one attached hydrogen (secondary N) is 1. The number of nitrogen functional groups attached to an aromatic ring is 1. The van der Waals surface area contributed by atoms with Gasteiger partial charge < -0.3 is 10.5 Å². The molecule has 0 radical (unpaired) electrons. The van der Waals surface area contributed by atoms with E-state index in [1.165, 1.54) is 12.1 Å². The molecule has 0 aliphatic carbocycles. The van der Waals surface area contributed by atoms with Crippen molar-refractivity contribution in [2.24, 2.45) is 0 Å². The Kier molecular flexibility index (Phi) is 5.58. The number of aromatic nitrogens is 3. The van der Waals surface area contributed by atoms with Gasteiger partial charge in [0.05, 0.1) is 22.5 Å². The van der Waals surface area contributed by atoms with Gasteiger partial charge in [-0.25, -0.2) is 23.2 Å². The van der Waals surface area contributed by atoms with E-state index in [9.17, 15) is 13.2 Å². The van der Waals surface area contributed by atoms with Crippen LogP contribution in [0.15, 0.2) is 83.8 Å². The van der Waals surface area contributed by atoms with Crippen molar-refractivity contribution >= 4 is 49.7 Å². The topological polar surface area (TPSA) is 129 Å². The molecule has 0 saturated carbocycles. The fourth-order valence-corrected chi connectivity index (χ4v) is 4.90. The van der Waals surface area contributed by atoms with Gasteiger partial charge in [-0.2, -0.15) is 0 Å². The van der Waals surface area contributed by atoms with Gasteiger partial charge in [0.25, 0.3) is 10.0 Å². The number of para-hydroxylation sites is 2. The second kappa shape index (κ2) is 8.73. The van der Waals surface area contributed by atoms with E-state index in [1.54, 1.807) is 60.0 Å². The number of nitrogens with two attached hydrogens (primary N) is 1. The molecule has 2 heterocycles. The molecule has 0 aliphatic heterocycles. The molecule has 5 aromatic rings. The van der Waals surface area contributed by atoms with E-state index < -0.39 is 16.0 Å². The Morgan fingerprint density at radius 2 is 1.57 bits per heavy atom. The summed E-state index contributed by atoms with van der Waals surface area (Å²) in [6.45, 7) is 1.89. The summed E-state index contributed by atoms with van der Waals surface area (Å²) < 4.78 is 34.7. The smallest absolute Gasteiger partial charge is 0.344 e. The van der Waals surface area contributed by atoms with Crippen LogP contribution in [0, 0.1) is 0 Å². The molecular weight excluding hydrogens is 466 g/mol. The van der Waals surface area contributed by atoms with Gasteiger partial charge in [-0.15, -0.1) is 0 Å². The van der Waals surface area contributed by atoms with Gasteiger partial charge in [-0.1, -0.05) is 30.3 Å². The third kappa shape index (κ3) is 4.04. The van der Waals surface area contributed by atoms with Crippen molar-refractivity contribution in [3.05, 3.63) is 84.4 Å². The lowest BCUT2D eigenvalue weighted by molar-refractivity contribution is 0.0529. The molecule has 0 spiro atoms. The standard InChI is InChI=1S/C25H21N5O4S/c1-2-34-25(31)21-22-24(28-20-11-7-6-10-19(20)27-22)30(23(21)26)17-14-12-16(13-15-17)29-35(32,33)18-8-4-3-5-9-18/h3-15,29H,2,26H2,1H3. The number of nitrogens with zero attached hydrogens (tertiary/aromatic N) is 3. The number of rotatable bonds is 6. The summed E-state index contributed by atoms with van der Waals surface area (Å²) >= 11 is 0. The Bertz CT molecular complexity index is 1660. The average Bonchev–Trinajstić information content (AvgIpc) is 3.14. The van der Waals surface area contributed by atoms with Gasteiger partial charge in [0.2, 0.25) is 0 Å². The highest BCUT2D eigenvalue weighted by molar-refractivity contribution is 7.92. The zero-order chi connectivity index (χ0) is 24.6. The minimum Gasteiger partial charge on any atom is -0.462 e. The SMILES string of the molecule is CCOC(=O)c1c(N)n(-c2ccc(NS(=O)(=O)c3ccccc3)cc2)c2nc3ccccc3nc12. The fourth-order valence-electron chi connectivity index (χ4n) is 3.82. The number of hydrogen-bond acceptors (Lipinski definition) is 7. The highest BCUT2D eigenvalue weighted by Gasteiger charge is 2.26. The van der Waals surface area contributed by atoms with Gasteiger partial charge in [0.1, 0.15) is 16.9 Å². The summed E-state index contributed by atoms with van der Waals surface area (Å²) in [5, 5.41) is 0. The number of carbonyl (C=O) groups is 1. The number of ether oxygens (including phenoxy) is 1. The normalized spacial score (nSPS) is 11.6. The minimum atomic E-state index is -3.74. The number of hydrogen-bond donors (Lipinski definition) is 2. The molecule has 35 heavy (non-hydrogen) atoms. The van der Waals surface area contributed by atoms with Gasteiger partial charge in [0.15, 0.2) is 5.65 Å². The third-order valence-corrected chi connectivity index (χ3v) is 6.81. The van der Waals surface area contributed by atoms with Gasteiger partial charge >= 0.3 is 5.97 Å². The lowest BCUT2D eigenvalue weighted by atomic mass is 10.2. The van der Waals surface area contributed by atoms with Crippen molar-refractivity contribution < 1.29 is 17.9 Å². The summed E-state index contributed by atoms with van der Waals surface area (Å²) in [5.41, 5.74) is 9.49. The molecule has 10 heteroatoms. The molecule has 176 valence electrons. The molecule has 0 aliphatic rings. The van der Waals surface area contributed by atoms with Crippen molar-refractivity contribution in [1.29, 1.82) is 0 Å². The summed E-state index contributed by atoms with van der Waals surface area (Å²) in [4.78, 5) is 22.2. The molecule has 3 aromatic carbocycles. The van der Waals surface area contributed by atoms with Crippen molar-refractivity contribution in [3.8, 4) is 5.69 Å². The Morgan fingerprint density at radius 3 is 2.23 bits per heavy atom. The quantitative estimate of drug-likeness (QED) is 0.345. The number of carbonyl (C=O) groups excluding carboxylic acids is 1. The first-order valence-electron chi connectivity index (χ1n) is 10.8. The minimum absolute atomic E-state index is 0.131. The maximum absolute atomic E-state index is 12.7. The highest BCUT2D eigenvalue weighted by atomic mass is 32.2. The van der Waals surface area contributed by atoms with E-state index in [4.69, 9.17) is 15.5 Å². The highest BCUT2D eigenvalue weighted by Crippen LogP contribution is 2.32. The Labute approximate surface area is 201 Å². The number of esters is 1. The molecule has 3 N–H and O–H groups in total. The summed E-state index contributed by atoms with van der Waals surface area (Å²) in [5.74, 6) is -0.461. The molecule has 0 atom stereocenters. The van der Waals surface area contributed by atoms with E-state index >= 15 is 0 Å². The molecule has 0 unspecified atom stereocenters. The predicted octanol–water partition coefficient (Wildman–Crippen LogP) is 4.13. The number of anilines is 2. The van der Waals surface area contributed by atoms with Crippen molar-refractivity contribution in [2.45, 2.75) is 11.8 Å². The van der Waals surface area contributed by atoms with Gasteiger partial charge in [0, 0.05) is 11.4 Å². The van der Waals surface area contributed by atoms with Crippen molar-refractivity contribution in [3.63, 3.8) is 0 Å². The lowest BCUT2D eigenvalue weighted by Gasteiger charge is -2.11. The van der Waals surface area contributed by atoms with E-state index in [1.807, 2.05) is 18.2 Å². The first kappa shape index (κ1) is 22.4. The third-order valence-electron chi connectivity index (χ3n) is 5.41. The van der Waals surface area contributed by atoms with Crippen LogP contribution < -0.4 is 10.5 Å². The van der Waals surface area contributed by atoms with Crippen LogP contribution in [-0.2, 0) is 14.8 Å². The van der Waals surface area contributed by atoms with E-state index in [0.29, 0.717) is 33.6 Å². The van der Waals surface area contributed by atoms with Crippen molar-refractivity contribution in [2.75, 3.05) is 17.1 Å². The maximum Gasteiger partial charge on any atom is 0.344 e. The van der Waals surface area contributed by atoms with E-state index in [-0.39, 0.29) is 22.9 Å². The zero-order valence-electron chi connectivity index (χ0n) is 18.7. The summed E-state index contributed by atoms with van der Waals surface area (Å²) in [7, 11) is -3.74. The molecule has 0 fully saturated rings. The molecule has 5 rings (SSSR count). The molecule has 0 bridgehead atoms. The molecule has 2 aromatic heterocycles. The maximum atomic E-state index is 12.7. The molecular formula is C25H21N5O4S. The number of sulfonamides is 1. The molecule has 9 nitrogen and oxygen atoms in total. The van der Waals surface area contributed by atoms with Crippen LogP contribution >= 0.6 is 0 Å². The van der Waals surface area contributed by atoms with Crippen LogP contribution in [0.4, 0.5) is 11.5 Å². The van der Waals surface area contributed by atoms with Crippen LogP contribution in [0.1, 0.15) is 17.3 Å². The monoisotopic (exact) mass is 487 g/mol.